The third kappa shape index (κ3) is 4.96. The summed E-state index contributed by atoms with van der Waals surface area (Å²) in [5, 5.41) is 3.37. The number of methoxy groups -OCH3 is 3. The second-order valence-corrected chi connectivity index (χ2v) is 7.43. The normalized spacial score (nSPS) is 13.6. The molecule has 2 amide bonds. The van der Waals surface area contributed by atoms with Crippen LogP contribution in [0.25, 0.3) is 0 Å². The minimum absolute atomic E-state index is 0.0793. The van der Waals surface area contributed by atoms with Crippen molar-refractivity contribution in [3.63, 3.8) is 0 Å². The molecule has 0 spiro atoms. The van der Waals surface area contributed by atoms with Crippen LogP contribution in [0.15, 0.2) is 30.3 Å². The van der Waals surface area contributed by atoms with Gasteiger partial charge in [-0.05, 0) is 30.3 Å². The van der Waals surface area contributed by atoms with Gasteiger partial charge >= 0.3 is 0 Å². The van der Waals surface area contributed by atoms with Crippen LogP contribution in [0.2, 0.25) is 5.02 Å². The van der Waals surface area contributed by atoms with Crippen molar-refractivity contribution in [3.05, 3.63) is 40.9 Å². The molecule has 1 aliphatic heterocycles. The number of nitrogens with one attached hydrogen (secondary N) is 1. The lowest BCUT2D eigenvalue weighted by molar-refractivity contribution is -0.129. The Morgan fingerprint density at radius 1 is 0.935 bits per heavy atom. The van der Waals surface area contributed by atoms with Crippen LogP contribution in [0.1, 0.15) is 17.3 Å². The van der Waals surface area contributed by atoms with Gasteiger partial charge in [0.05, 0.1) is 32.0 Å². The molecule has 0 radical (unpaired) electrons. The molecule has 0 saturated carbocycles. The first-order chi connectivity index (χ1) is 14.9. The van der Waals surface area contributed by atoms with Gasteiger partial charge in [-0.3, -0.25) is 9.59 Å². The number of halogens is 1. The van der Waals surface area contributed by atoms with Gasteiger partial charge in [0.25, 0.3) is 5.91 Å². The summed E-state index contributed by atoms with van der Waals surface area (Å²) in [7, 11) is 4.49. The van der Waals surface area contributed by atoms with Gasteiger partial charge in [0.1, 0.15) is 0 Å². The first kappa shape index (κ1) is 22.6. The maximum absolute atomic E-state index is 12.8. The molecule has 8 nitrogen and oxygen atoms in total. The Kier molecular flexibility index (Phi) is 7.12. The summed E-state index contributed by atoms with van der Waals surface area (Å²) in [6, 6.07) is 8.55. The minimum Gasteiger partial charge on any atom is -0.493 e. The van der Waals surface area contributed by atoms with Crippen LogP contribution in [-0.2, 0) is 4.79 Å². The Hall–Kier alpha value is -3.13. The van der Waals surface area contributed by atoms with Gasteiger partial charge in [0.15, 0.2) is 11.5 Å². The van der Waals surface area contributed by atoms with Gasteiger partial charge in [-0.1, -0.05) is 11.6 Å². The van der Waals surface area contributed by atoms with E-state index in [-0.39, 0.29) is 11.8 Å². The SMILES string of the molecule is COc1cc(C(=O)Nc2ccc(N3CCN(C(C)=O)CC3)c(Cl)c2)cc(OC)c1OC. The molecule has 2 aromatic rings. The molecule has 1 N–H and O–H groups in total. The molecular weight excluding hydrogens is 422 g/mol. The highest BCUT2D eigenvalue weighted by Gasteiger charge is 2.21. The number of rotatable bonds is 6. The fraction of sp³-hybridized carbons (Fsp3) is 0.364. The standard InChI is InChI=1S/C22H26ClN3O5/c1-14(27)25-7-9-26(10-8-25)18-6-5-16(13-17(18)23)24-22(28)15-11-19(29-2)21(31-4)20(12-15)30-3/h5-6,11-13H,7-10H2,1-4H3,(H,24,28). The van der Waals surface area contributed by atoms with E-state index in [1.807, 2.05) is 11.0 Å². The van der Waals surface area contributed by atoms with Gasteiger partial charge in [-0.15, -0.1) is 0 Å². The molecule has 1 heterocycles. The number of anilines is 2. The predicted octanol–water partition coefficient (Wildman–Crippen LogP) is 3.29. The van der Waals surface area contributed by atoms with Crippen molar-refractivity contribution in [3.8, 4) is 17.2 Å². The van der Waals surface area contributed by atoms with E-state index in [4.69, 9.17) is 25.8 Å². The number of benzene rings is 2. The van der Waals surface area contributed by atoms with Crippen molar-refractivity contribution in [2.24, 2.45) is 0 Å². The smallest absolute Gasteiger partial charge is 0.255 e. The number of nitrogens with zero attached hydrogens (tertiary/aromatic N) is 2. The first-order valence-electron chi connectivity index (χ1n) is 9.79. The highest BCUT2D eigenvalue weighted by molar-refractivity contribution is 6.33. The van der Waals surface area contributed by atoms with Gasteiger partial charge in [0.2, 0.25) is 11.7 Å². The fourth-order valence-corrected chi connectivity index (χ4v) is 3.82. The Labute approximate surface area is 186 Å². The zero-order chi connectivity index (χ0) is 22.5. The largest absolute Gasteiger partial charge is 0.493 e. The molecule has 3 rings (SSSR count). The van der Waals surface area contributed by atoms with Crippen LogP contribution < -0.4 is 24.4 Å². The lowest BCUT2D eigenvalue weighted by Gasteiger charge is -2.36. The topological polar surface area (TPSA) is 80.3 Å². The van der Waals surface area contributed by atoms with Crippen molar-refractivity contribution < 1.29 is 23.8 Å². The second-order valence-electron chi connectivity index (χ2n) is 7.03. The molecule has 0 atom stereocenters. The average molecular weight is 448 g/mol. The number of carbonyl (C=O) groups excluding carboxylic acids is 2. The van der Waals surface area contributed by atoms with Crippen LogP contribution in [0.5, 0.6) is 17.2 Å². The Morgan fingerprint density at radius 3 is 2.03 bits per heavy atom. The fourth-order valence-electron chi connectivity index (χ4n) is 3.52. The van der Waals surface area contributed by atoms with E-state index >= 15 is 0 Å². The third-order valence-corrected chi connectivity index (χ3v) is 5.50. The van der Waals surface area contributed by atoms with E-state index in [1.54, 1.807) is 31.2 Å². The Balaban J connectivity index is 1.74. The van der Waals surface area contributed by atoms with Crippen molar-refractivity contribution in [1.82, 2.24) is 4.90 Å². The molecule has 0 aliphatic carbocycles. The number of piperazine rings is 1. The number of hydrogen-bond acceptors (Lipinski definition) is 6. The van der Waals surface area contributed by atoms with Gasteiger partial charge < -0.3 is 29.3 Å². The molecule has 1 aliphatic rings. The summed E-state index contributed by atoms with van der Waals surface area (Å²) in [6.07, 6.45) is 0. The van der Waals surface area contributed by atoms with Crippen LogP contribution in [-0.4, -0.2) is 64.2 Å². The summed E-state index contributed by atoms with van der Waals surface area (Å²) in [5.74, 6) is 0.947. The van der Waals surface area contributed by atoms with Crippen LogP contribution in [0.3, 0.4) is 0 Å². The predicted molar refractivity (Wildman–Crippen MR) is 120 cm³/mol. The average Bonchev–Trinajstić information content (AvgIpc) is 2.78. The van der Waals surface area contributed by atoms with Gasteiger partial charge in [-0.25, -0.2) is 0 Å². The quantitative estimate of drug-likeness (QED) is 0.732. The van der Waals surface area contributed by atoms with Gasteiger partial charge in [-0.2, -0.15) is 0 Å². The summed E-state index contributed by atoms with van der Waals surface area (Å²) >= 11 is 6.50. The molecule has 0 unspecified atom stereocenters. The third-order valence-electron chi connectivity index (χ3n) is 5.20. The molecule has 166 valence electrons. The number of carbonyl (C=O) groups is 2. The van der Waals surface area contributed by atoms with Crippen molar-refractivity contribution >= 4 is 34.8 Å². The van der Waals surface area contributed by atoms with Crippen molar-refractivity contribution in [2.75, 3.05) is 57.7 Å². The van der Waals surface area contributed by atoms with Crippen molar-refractivity contribution in [2.45, 2.75) is 6.92 Å². The molecule has 9 heteroatoms. The maximum atomic E-state index is 12.8. The summed E-state index contributed by atoms with van der Waals surface area (Å²) in [4.78, 5) is 28.2. The monoisotopic (exact) mass is 447 g/mol. The van der Waals surface area contributed by atoms with E-state index < -0.39 is 0 Å². The summed E-state index contributed by atoms with van der Waals surface area (Å²) in [6.45, 7) is 4.30. The van der Waals surface area contributed by atoms with Crippen LogP contribution in [0, 0.1) is 0 Å². The van der Waals surface area contributed by atoms with Crippen molar-refractivity contribution in [1.29, 1.82) is 0 Å². The lowest BCUT2D eigenvalue weighted by Crippen LogP contribution is -2.48. The van der Waals surface area contributed by atoms with E-state index in [0.29, 0.717) is 59.7 Å². The van der Waals surface area contributed by atoms with Gasteiger partial charge in [0, 0.05) is 44.4 Å². The summed E-state index contributed by atoms with van der Waals surface area (Å²) < 4.78 is 15.9. The maximum Gasteiger partial charge on any atom is 0.255 e. The number of hydrogen-bond donors (Lipinski definition) is 1. The van der Waals surface area contributed by atoms with E-state index in [1.165, 1.54) is 21.3 Å². The molecule has 1 fully saturated rings. The molecule has 31 heavy (non-hydrogen) atoms. The lowest BCUT2D eigenvalue weighted by atomic mass is 10.1. The molecule has 0 bridgehead atoms. The molecule has 2 aromatic carbocycles. The zero-order valence-electron chi connectivity index (χ0n) is 18.0. The summed E-state index contributed by atoms with van der Waals surface area (Å²) in [5.41, 5.74) is 1.79. The minimum atomic E-state index is -0.335. The zero-order valence-corrected chi connectivity index (χ0v) is 18.8. The van der Waals surface area contributed by atoms with E-state index in [0.717, 1.165) is 5.69 Å². The molecule has 1 saturated heterocycles. The highest BCUT2D eigenvalue weighted by atomic mass is 35.5. The second kappa shape index (κ2) is 9.78. The molecule has 0 aromatic heterocycles. The highest BCUT2D eigenvalue weighted by Crippen LogP contribution is 2.38. The van der Waals surface area contributed by atoms with Crippen LogP contribution in [0.4, 0.5) is 11.4 Å². The van der Waals surface area contributed by atoms with E-state index in [2.05, 4.69) is 10.2 Å². The number of amides is 2. The van der Waals surface area contributed by atoms with E-state index in [9.17, 15) is 9.59 Å². The molecular formula is C22H26ClN3O5. The number of ether oxygens (including phenoxy) is 3. The Bertz CT molecular complexity index is 949. The Morgan fingerprint density at radius 2 is 1.55 bits per heavy atom. The van der Waals surface area contributed by atoms with Crippen LogP contribution >= 0.6 is 11.6 Å². The first-order valence-corrected chi connectivity index (χ1v) is 10.2.